The molecule has 3 atom stereocenters. The predicted molar refractivity (Wildman–Crippen MR) is 92.9 cm³/mol. The second kappa shape index (κ2) is 7.50. The lowest BCUT2D eigenvalue weighted by atomic mass is 9.58. The van der Waals surface area contributed by atoms with E-state index in [-0.39, 0.29) is 37.6 Å². The molecule has 0 aromatic rings. The van der Waals surface area contributed by atoms with Crippen molar-refractivity contribution in [3.05, 3.63) is 11.8 Å². The average molecular weight is 381 g/mol. The molecule has 0 radical (unpaired) electrons. The quantitative estimate of drug-likeness (QED) is 0.509. The van der Waals surface area contributed by atoms with Crippen LogP contribution in [-0.2, 0) is 33.4 Å². The van der Waals surface area contributed by atoms with Crippen LogP contribution in [0.1, 0.15) is 52.4 Å². The highest BCUT2D eigenvalue weighted by atomic mass is 16.7. The largest absolute Gasteiger partial charge is 0.466 e. The van der Waals surface area contributed by atoms with Gasteiger partial charge in [0.25, 0.3) is 0 Å². The number of methoxy groups -OCH3 is 1. The second-order valence-corrected chi connectivity index (χ2v) is 7.19. The molecule has 0 amide bonds. The highest BCUT2D eigenvalue weighted by Gasteiger charge is 2.73. The van der Waals surface area contributed by atoms with E-state index >= 15 is 0 Å². The van der Waals surface area contributed by atoms with E-state index in [1.54, 1.807) is 18.9 Å². The molecule has 0 N–H and O–H groups in total. The number of rotatable bonds is 6. The molecule has 150 valence electrons. The lowest BCUT2D eigenvalue weighted by Gasteiger charge is -2.47. The minimum absolute atomic E-state index is 0.0824. The van der Waals surface area contributed by atoms with Gasteiger partial charge in [0, 0.05) is 0 Å². The van der Waals surface area contributed by atoms with Gasteiger partial charge < -0.3 is 19.0 Å². The van der Waals surface area contributed by atoms with Gasteiger partial charge in [-0.25, -0.2) is 4.79 Å². The van der Waals surface area contributed by atoms with Gasteiger partial charge in [0.05, 0.1) is 43.8 Å². The molecule has 1 saturated carbocycles. The summed E-state index contributed by atoms with van der Waals surface area (Å²) in [6.45, 7) is 4.04. The molecule has 0 bridgehead atoms. The first-order valence-corrected chi connectivity index (χ1v) is 9.54. The topological polar surface area (TPSA) is 91.4 Å². The number of hydrogen-bond donors (Lipinski definition) is 0. The fourth-order valence-electron chi connectivity index (χ4n) is 5.05. The van der Waals surface area contributed by atoms with Crippen molar-refractivity contribution in [1.82, 2.24) is 5.06 Å². The van der Waals surface area contributed by atoms with Crippen molar-refractivity contribution in [1.29, 1.82) is 0 Å². The van der Waals surface area contributed by atoms with E-state index < -0.39 is 16.9 Å². The molecule has 27 heavy (non-hydrogen) atoms. The molecule has 2 fully saturated rings. The molecular weight excluding hydrogens is 354 g/mol. The van der Waals surface area contributed by atoms with Gasteiger partial charge in [-0.3, -0.25) is 9.59 Å². The first kappa shape index (κ1) is 19.7. The fraction of sp³-hybridized carbons (Fsp3) is 0.737. The number of ether oxygens (including phenoxy) is 3. The molecule has 0 unspecified atom stereocenters. The van der Waals surface area contributed by atoms with Crippen LogP contribution in [0.5, 0.6) is 0 Å². The summed E-state index contributed by atoms with van der Waals surface area (Å²) in [5, 5.41) is 1.66. The van der Waals surface area contributed by atoms with Crippen molar-refractivity contribution < 1.29 is 33.4 Å². The molecule has 2 heterocycles. The molecule has 0 aromatic heterocycles. The molecule has 0 aromatic carbocycles. The van der Waals surface area contributed by atoms with Crippen molar-refractivity contribution in [2.45, 2.75) is 64.0 Å². The first-order valence-electron chi connectivity index (χ1n) is 9.54. The van der Waals surface area contributed by atoms with Gasteiger partial charge in [-0.05, 0) is 33.1 Å². The summed E-state index contributed by atoms with van der Waals surface area (Å²) in [4.78, 5) is 43.6. The summed E-state index contributed by atoms with van der Waals surface area (Å²) in [5.74, 6) is -1.23. The van der Waals surface area contributed by atoms with Crippen LogP contribution in [0, 0.1) is 5.41 Å². The van der Waals surface area contributed by atoms with Crippen LogP contribution in [0.4, 0.5) is 0 Å². The van der Waals surface area contributed by atoms with E-state index in [9.17, 15) is 14.4 Å². The first-order chi connectivity index (χ1) is 13.0. The molecule has 8 nitrogen and oxygen atoms in total. The van der Waals surface area contributed by atoms with Crippen LogP contribution < -0.4 is 0 Å². The zero-order valence-electron chi connectivity index (χ0n) is 16.1. The molecule has 8 heteroatoms. The third kappa shape index (κ3) is 2.81. The lowest BCUT2D eigenvalue weighted by molar-refractivity contribution is -0.191. The van der Waals surface area contributed by atoms with Crippen molar-refractivity contribution in [3.8, 4) is 0 Å². The number of esters is 3. The Hall–Kier alpha value is -2.09. The Morgan fingerprint density at radius 2 is 1.89 bits per heavy atom. The summed E-state index contributed by atoms with van der Waals surface area (Å²) < 4.78 is 15.5. The Morgan fingerprint density at radius 1 is 1.19 bits per heavy atom. The van der Waals surface area contributed by atoms with E-state index in [0.29, 0.717) is 24.8 Å². The number of carbonyl (C=O) groups is 3. The van der Waals surface area contributed by atoms with Gasteiger partial charge in [-0.1, -0.05) is 12.8 Å². The van der Waals surface area contributed by atoms with Gasteiger partial charge in [0.2, 0.25) is 0 Å². The number of carbonyl (C=O) groups excluding carboxylic acids is 3. The smallest absolute Gasteiger partial charge is 0.339 e. The van der Waals surface area contributed by atoms with Gasteiger partial charge >= 0.3 is 17.9 Å². The Morgan fingerprint density at radius 3 is 2.56 bits per heavy atom. The zero-order chi connectivity index (χ0) is 19.7. The lowest BCUT2D eigenvalue weighted by Crippen LogP contribution is -2.59. The molecule has 3 aliphatic rings. The summed E-state index contributed by atoms with van der Waals surface area (Å²) in [6, 6.07) is -0.384. The van der Waals surface area contributed by atoms with Crippen molar-refractivity contribution in [2.24, 2.45) is 5.41 Å². The van der Waals surface area contributed by atoms with Crippen LogP contribution in [0.15, 0.2) is 11.8 Å². The van der Waals surface area contributed by atoms with Crippen molar-refractivity contribution in [2.75, 3.05) is 20.3 Å². The summed E-state index contributed by atoms with van der Waals surface area (Å²) in [6.07, 6.45) is 4.63. The number of nitrogens with zero attached hydrogens (tertiary/aromatic N) is 1. The van der Waals surface area contributed by atoms with Crippen LogP contribution in [-0.4, -0.2) is 54.9 Å². The van der Waals surface area contributed by atoms with E-state index in [2.05, 4.69) is 0 Å². The normalized spacial score (nSPS) is 32.0. The predicted octanol–water partition coefficient (Wildman–Crippen LogP) is 1.88. The Balaban J connectivity index is 2.05. The van der Waals surface area contributed by atoms with Crippen LogP contribution >= 0.6 is 0 Å². The summed E-state index contributed by atoms with van der Waals surface area (Å²) in [5.41, 5.74) is -1.60. The van der Waals surface area contributed by atoms with Gasteiger partial charge in [-0.2, -0.15) is 0 Å². The minimum atomic E-state index is -0.970. The third-order valence-corrected chi connectivity index (χ3v) is 5.98. The Labute approximate surface area is 158 Å². The van der Waals surface area contributed by atoms with Crippen molar-refractivity contribution in [3.63, 3.8) is 0 Å². The highest BCUT2D eigenvalue weighted by Crippen LogP contribution is 2.63. The molecule has 1 spiro atoms. The maximum absolute atomic E-state index is 13.2. The van der Waals surface area contributed by atoms with E-state index in [1.165, 1.54) is 13.4 Å². The number of hydrogen-bond acceptors (Lipinski definition) is 8. The number of hydroxylamine groups is 2. The van der Waals surface area contributed by atoms with E-state index in [1.807, 2.05) is 0 Å². The second-order valence-electron chi connectivity index (χ2n) is 7.19. The summed E-state index contributed by atoms with van der Waals surface area (Å²) in [7, 11) is 1.31. The van der Waals surface area contributed by atoms with E-state index in [4.69, 9.17) is 19.0 Å². The molecule has 1 saturated heterocycles. The Bertz CT molecular complexity index is 660. The highest BCUT2D eigenvalue weighted by molar-refractivity contribution is 5.95. The third-order valence-electron chi connectivity index (χ3n) is 5.98. The molecule has 2 aliphatic heterocycles. The standard InChI is InChI=1S/C19H27NO7/c1-4-25-15(21)10-13-11-18(17(23)26-5-2)8-6-7-9-19(18)14(16(22)24-3)12-27-20(13)19/h12-13H,4-11H2,1-3H3/t13-,18-,19-/m1/s1. The monoisotopic (exact) mass is 381 g/mol. The van der Waals surface area contributed by atoms with Crippen LogP contribution in [0.3, 0.4) is 0 Å². The van der Waals surface area contributed by atoms with Gasteiger partial charge in [0.1, 0.15) is 11.8 Å². The fourth-order valence-corrected chi connectivity index (χ4v) is 5.05. The minimum Gasteiger partial charge on any atom is -0.466 e. The average Bonchev–Trinajstić information content (AvgIpc) is 3.15. The summed E-state index contributed by atoms with van der Waals surface area (Å²) >= 11 is 0. The SMILES string of the molecule is CCOC(=O)C[C@@H]1C[C@@]2(C(=O)OCC)CCCC[C@@]23C(C(=O)OC)=CON13. The van der Waals surface area contributed by atoms with Crippen LogP contribution in [0.2, 0.25) is 0 Å². The van der Waals surface area contributed by atoms with Gasteiger partial charge in [0.15, 0.2) is 0 Å². The molecular formula is C19H27NO7. The van der Waals surface area contributed by atoms with E-state index in [0.717, 1.165) is 12.8 Å². The van der Waals surface area contributed by atoms with Crippen LogP contribution in [0.25, 0.3) is 0 Å². The molecule has 3 rings (SSSR count). The maximum atomic E-state index is 13.2. The molecule has 1 aliphatic carbocycles. The Kier molecular flexibility index (Phi) is 5.46. The zero-order valence-corrected chi connectivity index (χ0v) is 16.1. The van der Waals surface area contributed by atoms with Crippen molar-refractivity contribution >= 4 is 17.9 Å². The van der Waals surface area contributed by atoms with Gasteiger partial charge in [-0.15, -0.1) is 5.06 Å². The maximum Gasteiger partial charge on any atom is 0.339 e.